The second-order valence-corrected chi connectivity index (χ2v) is 10.1. The molecule has 1 fully saturated rings. The zero-order valence-corrected chi connectivity index (χ0v) is 22.2. The standard InChI is InChI=1S/C29H25ClF4N4O2/c1-2-37-14-12-28(31,13-15-37)19-8-6-18(7-9-19)21-11-10-20(30)16-22(21)24-4-3-5-25(36-24)38-26(29(32,33)34)23(17-35-38)27(39)40/h3-11,16-17H,2,12-15H2,1H3,(H,39,40). The van der Waals surface area contributed by atoms with Crippen molar-refractivity contribution in [3.05, 3.63) is 88.7 Å². The predicted octanol–water partition coefficient (Wildman–Crippen LogP) is 7.25. The quantitative estimate of drug-likeness (QED) is 0.246. The molecule has 0 saturated carbocycles. The summed E-state index contributed by atoms with van der Waals surface area (Å²) >= 11 is 6.29. The van der Waals surface area contributed by atoms with Gasteiger partial charge in [-0.25, -0.2) is 18.9 Å². The fourth-order valence-electron chi connectivity index (χ4n) is 5.08. The number of carboxylic acids is 1. The maximum absolute atomic E-state index is 15.7. The van der Waals surface area contributed by atoms with Crippen LogP contribution in [-0.4, -0.2) is 50.4 Å². The number of rotatable bonds is 6. The summed E-state index contributed by atoms with van der Waals surface area (Å²) in [6.45, 7) is 4.34. The topological polar surface area (TPSA) is 71.2 Å². The van der Waals surface area contributed by atoms with Gasteiger partial charge in [-0.1, -0.05) is 54.9 Å². The van der Waals surface area contributed by atoms with Crippen LogP contribution in [0.4, 0.5) is 17.6 Å². The van der Waals surface area contributed by atoms with E-state index in [9.17, 15) is 23.1 Å². The third-order valence-electron chi connectivity index (χ3n) is 7.29. The Morgan fingerprint density at radius 1 is 1.05 bits per heavy atom. The predicted molar refractivity (Wildman–Crippen MR) is 143 cm³/mol. The highest BCUT2D eigenvalue weighted by Crippen LogP contribution is 2.40. The number of piperidine rings is 1. The number of alkyl halides is 4. The summed E-state index contributed by atoms with van der Waals surface area (Å²) in [6.07, 6.45) is -3.50. The van der Waals surface area contributed by atoms with Crippen LogP contribution in [0.2, 0.25) is 5.02 Å². The lowest BCUT2D eigenvalue weighted by molar-refractivity contribution is -0.143. The van der Waals surface area contributed by atoms with Crippen molar-refractivity contribution >= 4 is 17.6 Å². The molecule has 6 nitrogen and oxygen atoms in total. The van der Waals surface area contributed by atoms with Gasteiger partial charge in [-0.15, -0.1) is 0 Å². The minimum atomic E-state index is -4.98. The van der Waals surface area contributed by atoms with Gasteiger partial charge in [0.2, 0.25) is 0 Å². The van der Waals surface area contributed by atoms with Crippen molar-refractivity contribution in [3.8, 4) is 28.2 Å². The number of hydrogen-bond acceptors (Lipinski definition) is 4. The van der Waals surface area contributed by atoms with Gasteiger partial charge in [0.1, 0.15) is 11.2 Å². The summed E-state index contributed by atoms with van der Waals surface area (Å²) in [5, 5.41) is 13.3. The van der Waals surface area contributed by atoms with Crippen molar-refractivity contribution in [2.45, 2.75) is 31.6 Å². The molecule has 0 amide bonds. The Morgan fingerprint density at radius 2 is 1.75 bits per heavy atom. The first kappa shape index (κ1) is 27.8. The molecule has 2 aromatic heterocycles. The molecule has 0 radical (unpaired) electrons. The van der Waals surface area contributed by atoms with E-state index in [4.69, 9.17) is 11.6 Å². The minimum Gasteiger partial charge on any atom is -0.478 e. The number of aromatic carboxylic acids is 1. The third kappa shape index (κ3) is 5.33. The summed E-state index contributed by atoms with van der Waals surface area (Å²) in [6, 6.07) is 16.7. The van der Waals surface area contributed by atoms with Gasteiger partial charge in [-0.05, 0) is 60.3 Å². The molecule has 0 aliphatic carbocycles. The molecule has 4 aromatic rings. The van der Waals surface area contributed by atoms with E-state index in [-0.39, 0.29) is 5.82 Å². The summed E-state index contributed by atoms with van der Waals surface area (Å²) < 4.78 is 57.6. The molecule has 0 spiro atoms. The van der Waals surface area contributed by atoms with E-state index in [1.54, 1.807) is 36.4 Å². The molecule has 3 heterocycles. The van der Waals surface area contributed by atoms with Crippen molar-refractivity contribution < 1.29 is 27.5 Å². The van der Waals surface area contributed by atoms with E-state index in [0.29, 0.717) is 64.2 Å². The Labute approximate surface area is 232 Å². The summed E-state index contributed by atoms with van der Waals surface area (Å²) in [7, 11) is 0. The second kappa shape index (κ2) is 10.7. The number of halogens is 5. The van der Waals surface area contributed by atoms with Crippen molar-refractivity contribution in [1.82, 2.24) is 19.7 Å². The van der Waals surface area contributed by atoms with Crippen LogP contribution in [0.5, 0.6) is 0 Å². The molecule has 1 N–H and O–H groups in total. The lowest BCUT2D eigenvalue weighted by Gasteiger charge is -2.36. The molecule has 11 heteroatoms. The van der Waals surface area contributed by atoms with Gasteiger partial charge in [0, 0.05) is 23.7 Å². The monoisotopic (exact) mass is 572 g/mol. The number of likely N-dealkylation sites (tertiary alicyclic amines) is 1. The molecule has 1 aliphatic heterocycles. The number of pyridine rings is 1. The fraction of sp³-hybridized carbons (Fsp3) is 0.276. The van der Waals surface area contributed by atoms with Crippen LogP contribution in [0.15, 0.2) is 66.9 Å². The molecule has 0 unspecified atom stereocenters. The normalized spacial score (nSPS) is 15.8. The van der Waals surface area contributed by atoms with E-state index in [0.717, 1.165) is 12.1 Å². The van der Waals surface area contributed by atoms with Gasteiger partial charge >= 0.3 is 12.1 Å². The van der Waals surface area contributed by atoms with Gasteiger partial charge in [-0.2, -0.15) is 18.3 Å². The lowest BCUT2D eigenvalue weighted by Crippen LogP contribution is -2.40. The maximum atomic E-state index is 15.7. The highest BCUT2D eigenvalue weighted by atomic mass is 35.5. The SMILES string of the molecule is CCN1CCC(F)(c2ccc(-c3ccc(Cl)cc3-c3cccc(-n4ncc(C(=O)O)c4C(F)(F)F)n3)cc2)CC1. The Morgan fingerprint density at radius 3 is 2.38 bits per heavy atom. The van der Waals surface area contributed by atoms with Crippen molar-refractivity contribution in [3.63, 3.8) is 0 Å². The van der Waals surface area contributed by atoms with Crippen LogP contribution >= 0.6 is 11.6 Å². The number of aromatic nitrogens is 3. The van der Waals surface area contributed by atoms with Crippen LogP contribution < -0.4 is 0 Å². The highest BCUT2D eigenvalue weighted by Gasteiger charge is 2.41. The average molecular weight is 573 g/mol. The second-order valence-electron chi connectivity index (χ2n) is 9.67. The zero-order chi connectivity index (χ0) is 28.7. The Balaban J connectivity index is 1.53. The van der Waals surface area contributed by atoms with Crippen molar-refractivity contribution in [2.75, 3.05) is 19.6 Å². The molecule has 0 bridgehead atoms. The maximum Gasteiger partial charge on any atom is 0.434 e. The lowest BCUT2D eigenvalue weighted by atomic mass is 9.85. The third-order valence-corrected chi connectivity index (χ3v) is 7.52. The van der Waals surface area contributed by atoms with Gasteiger partial charge in [-0.3, -0.25) is 0 Å². The smallest absolute Gasteiger partial charge is 0.434 e. The first-order valence-corrected chi connectivity index (χ1v) is 13.1. The number of nitrogens with zero attached hydrogens (tertiary/aromatic N) is 4. The summed E-state index contributed by atoms with van der Waals surface area (Å²) in [5.74, 6) is -1.96. The van der Waals surface area contributed by atoms with Crippen LogP contribution in [0, 0.1) is 0 Å². The fourth-order valence-corrected chi connectivity index (χ4v) is 5.26. The molecular formula is C29H25ClF4N4O2. The van der Waals surface area contributed by atoms with E-state index < -0.39 is 29.1 Å². The Kier molecular flexibility index (Phi) is 7.41. The molecule has 2 aromatic carbocycles. The number of carbonyl (C=O) groups is 1. The van der Waals surface area contributed by atoms with E-state index in [2.05, 4.69) is 21.9 Å². The molecule has 1 aliphatic rings. The van der Waals surface area contributed by atoms with Crippen molar-refractivity contribution in [2.24, 2.45) is 0 Å². The Bertz CT molecular complexity index is 1540. The number of hydrogen-bond donors (Lipinski definition) is 1. The highest BCUT2D eigenvalue weighted by molar-refractivity contribution is 6.31. The van der Waals surface area contributed by atoms with Crippen LogP contribution in [-0.2, 0) is 11.8 Å². The van der Waals surface area contributed by atoms with E-state index in [1.807, 2.05) is 12.1 Å². The molecule has 1 saturated heterocycles. The zero-order valence-electron chi connectivity index (χ0n) is 21.4. The van der Waals surface area contributed by atoms with Gasteiger partial charge in [0.15, 0.2) is 11.5 Å². The first-order chi connectivity index (χ1) is 19.0. The number of carboxylic acid groups (broad SMARTS) is 1. The van der Waals surface area contributed by atoms with E-state index >= 15 is 4.39 Å². The Hall–Kier alpha value is -3.76. The van der Waals surface area contributed by atoms with Crippen LogP contribution in [0.3, 0.4) is 0 Å². The molecule has 40 heavy (non-hydrogen) atoms. The summed E-state index contributed by atoms with van der Waals surface area (Å²) in [5.41, 5.74) is -0.933. The first-order valence-electron chi connectivity index (χ1n) is 12.7. The van der Waals surface area contributed by atoms with Gasteiger partial charge in [0.05, 0.1) is 11.9 Å². The molecular weight excluding hydrogens is 548 g/mol. The van der Waals surface area contributed by atoms with E-state index in [1.165, 1.54) is 12.1 Å². The van der Waals surface area contributed by atoms with Gasteiger partial charge < -0.3 is 10.0 Å². The molecule has 0 atom stereocenters. The number of benzene rings is 2. The van der Waals surface area contributed by atoms with Crippen LogP contribution in [0.1, 0.15) is 41.4 Å². The molecule has 5 rings (SSSR count). The largest absolute Gasteiger partial charge is 0.478 e. The summed E-state index contributed by atoms with van der Waals surface area (Å²) in [4.78, 5) is 18.0. The van der Waals surface area contributed by atoms with Crippen molar-refractivity contribution in [1.29, 1.82) is 0 Å². The van der Waals surface area contributed by atoms with Gasteiger partial charge in [0.25, 0.3) is 0 Å². The average Bonchev–Trinajstić information content (AvgIpc) is 3.41. The molecule has 208 valence electrons. The minimum absolute atomic E-state index is 0.212. The van der Waals surface area contributed by atoms with Crippen LogP contribution in [0.25, 0.3) is 28.2 Å².